The van der Waals surface area contributed by atoms with Gasteiger partial charge in [0, 0.05) is 12.1 Å². The third-order valence-electron chi connectivity index (χ3n) is 4.00. The molecule has 128 valence electrons. The van der Waals surface area contributed by atoms with Crippen LogP contribution < -0.4 is 0 Å². The van der Waals surface area contributed by atoms with Crippen LogP contribution in [0.2, 0.25) is 0 Å². The summed E-state index contributed by atoms with van der Waals surface area (Å²) in [4.78, 5) is 36.3. The minimum absolute atomic E-state index is 0.00272. The Bertz CT molecular complexity index is 1050. The van der Waals surface area contributed by atoms with Gasteiger partial charge in [0.1, 0.15) is 0 Å². The predicted molar refractivity (Wildman–Crippen MR) is 86.5 cm³/mol. The average molecular weight is 350 g/mol. The number of para-hydroxylation sites is 1. The monoisotopic (exact) mass is 350 g/mol. The maximum absolute atomic E-state index is 12.6. The van der Waals surface area contributed by atoms with Crippen molar-refractivity contribution in [3.63, 3.8) is 0 Å². The van der Waals surface area contributed by atoms with Gasteiger partial charge in [-0.15, -0.1) is 5.10 Å². The predicted octanol–water partition coefficient (Wildman–Crippen LogP) is 1.37. The van der Waals surface area contributed by atoms with E-state index in [-0.39, 0.29) is 23.4 Å². The lowest BCUT2D eigenvalue weighted by molar-refractivity contribution is -0.384. The first-order chi connectivity index (χ1) is 12.6. The molecule has 0 spiro atoms. The van der Waals surface area contributed by atoms with Crippen LogP contribution in [0, 0.1) is 10.1 Å². The molecular weight excluding hydrogens is 340 g/mol. The molecule has 1 aliphatic rings. The first-order valence-electron chi connectivity index (χ1n) is 7.53. The average Bonchev–Trinajstić information content (AvgIpc) is 3.21. The number of carbonyl (C=O) groups excluding carboxylic acids is 2. The van der Waals surface area contributed by atoms with Gasteiger partial charge in [-0.1, -0.05) is 18.2 Å². The van der Waals surface area contributed by atoms with E-state index in [1.54, 1.807) is 12.1 Å². The Balaban J connectivity index is 1.67. The number of tetrazole rings is 1. The van der Waals surface area contributed by atoms with E-state index in [0.29, 0.717) is 11.5 Å². The van der Waals surface area contributed by atoms with E-state index in [1.807, 2.05) is 18.2 Å². The maximum atomic E-state index is 12.6. The first-order valence-corrected chi connectivity index (χ1v) is 7.53. The topological polar surface area (TPSA) is 124 Å². The van der Waals surface area contributed by atoms with Crippen LogP contribution in [-0.2, 0) is 6.54 Å². The Morgan fingerprint density at radius 2 is 1.73 bits per heavy atom. The van der Waals surface area contributed by atoms with Crippen molar-refractivity contribution in [3.8, 4) is 5.69 Å². The third kappa shape index (κ3) is 2.40. The lowest BCUT2D eigenvalue weighted by atomic mass is 10.1. The van der Waals surface area contributed by atoms with Crippen molar-refractivity contribution in [3.05, 3.63) is 75.6 Å². The Labute approximate surface area is 145 Å². The number of amides is 2. The zero-order chi connectivity index (χ0) is 18.3. The summed E-state index contributed by atoms with van der Waals surface area (Å²) in [5.74, 6) is -0.862. The highest BCUT2D eigenvalue weighted by Crippen LogP contribution is 2.27. The van der Waals surface area contributed by atoms with Crippen LogP contribution >= 0.6 is 0 Å². The highest BCUT2D eigenvalue weighted by Gasteiger charge is 2.37. The van der Waals surface area contributed by atoms with Crippen molar-refractivity contribution in [2.75, 3.05) is 0 Å². The van der Waals surface area contributed by atoms with E-state index in [9.17, 15) is 19.7 Å². The summed E-state index contributed by atoms with van der Waals surface area (Å²) >= 11 is 0. The number of non-ortho nitro benzene ring substituents is 1. The number of rotatable bonds is 4. The lowest BCUT2D eigenvalue weighted by Crippen LogP contribution is -2.30. The van der Waals surface area contributed by atoms with Crippen molar-refractivity contribution >= 4 is 17.5 Å². The Kier molecular flexibility index (Phi) is 3.50. The molecule has 26 heavy (non-hydrogen) atoms. The van der Waals surface area contributed by atoms with Gasteiger partial charge in [0.2, 0.25) is 0 Å². The fourth-order valence-electron chi connectivity index (χ4n) is 2.75. The molecule has 0 bridgehead atoms. The van der Waals surface area contributed by atoms with Gasteiger partial charge in [-0.3, -0.25) is 24.6 Å². The number of benzene rings is 2. The number of imide groups is 1. The number of nitro groups is 1. The summed E-state index contributed by atoms with van der Waals surface area (Å²) < 4.78 is 1.42. The number of hydrogen-bond donors (Lipinski definition) is 0. The van der Waals surface area contributed by atoms with Crippen LogP contribution in [0.3, 0.4) is 0 Å². The van der Waals surface area contributed by atoms with E-state index in [4.69, 9.17) is 0 Å². The molecule has 0 unspecified atom stereocenters. The summed E-state index contributed by atoms with van der Waals surface area (Å²) in [6.07, 6.45) is 0. The van der Waals surface area contributed by atoms with Gasteiger partial charge in [0.25, 0.3) is 17.5 Å². The normalized spacial score (nSPS) is 13.2. The number of aromatic nitrogens is 4. The maximum Gasteiger partial charge on any atom is 0.270 e. The molecule has 2 amide bonds. The number of hydrogen-bond acceptors (Lipinski definition) is 7. The number of nitro benzene ring substituents is 1. The van der Waals surface area contributed by atoms with Crippen LogP contribution in [0.1, 0.15) is 26.5 Å². The number of carbonyl (C=O) groups is 2. The summed E-state index contributed by atoms with van der Waals surface area (Å²) in [7, 11) is 0. The quantitative estimate of drug-likeness (QED) is 0.395. The van der Waals surface area contributed by atoms with E-state index in [0.717, 1.165) is 11.0 Å². The van der Waals surface area contributed by atoms with E-state index < -0.39 is 16.7 Å². The molecule has 0 atom stereocenters. The molecule has 1 aromatic heterocycles. The van der Waals surface area contributed by atoms with Gasteiger partial charge in [-0.2, -0.15) is 4.68 Å². The summed E-state index contributed by atoms with van der Waals surface area (Å²) in [6, 6.07) is 12.6. The van der Waals surface area contributed by atoms with Gasteiger partial charge < -0.3 is 0 Å². The number of fused-ring (bicyclic) bond motifs is 1. The standard InChI is InChI=1S/C16H10N6O4/c23-15-12-7-6-11(22(25)26)8-13(12)16(24)20(15)9-14-17-18-19-21(14)10-4-2-1-3-5-10/h1-8H,9H2. The second-order valence-electron chi connectivity index (χ2n) is 5.53. The van der Waals surface area contributed by atoms with Crippen LogP contribution in [0.15, 0.2) is 48.5 Å². The van der Waals surface area contributed by atoms with Crippen LogP contribution in [-0.4, -0.2) is 41.8 Å². The van der Waals surface area contributed by atoms with Crippen LogP contribution in [0.4, 0.5) is 5.69 Å². The zero-order valence-electron chi connectivity index (χ0n) is 13.1. The summed E-state index contributed by atoms with van der Waals surface area (Å²) in [5, 5.41) is 22.3. The highest BCUT2D eigenvalue weighted by molar-refractivity contribution is 6.21. The fourth-order valence-corrected chi connectivity index (χ4v) is 2.75. The summed E-state index contributed by atoms with van der Waals surface area (Å²) in [6.45, 7) is -0.151. The highest BCUT2D eigenvalue weighted by atomic mass is 16.6. The Morgan fingerprint density at radius 3 is 2.46 bits per heavy atom. The Morgan fingerprint density at radius 1 is 1.00 bits per heavy atom. The van der Waals surface area contributed by atoms with Gasteiger partial charge in [-0.25, -0.2) is 0 Å². The second-order valence-corrected chi connectivity index (χ2v) is 5.53. The SMILES string of the molecule is O=C1c2ccc([N+](=O)[O-])cc2C(=O)N1Cc1nnnn1-c1ccccc1. The van der Waals surface area contributed by atoms with Crippen LogP contribution in [0.25, 0.3) is 5.69 Å². The van der Waals surface area contributed by atoms with Crippen molar-refractivity contribution in [1.82, 2.24) is 25.1 Å². The molecule has 0 saturated heterocycles. The van der Waals surface area contributed by atoms with E-state index in [2.05, 4.69) is 15.5 Å². The molecule has 0 aliphatic carbocycles. The van der Waals surface area contributed by atoms with Crippen molar-refractivity contribution in [2.45, 2.75) is 6.54 Å². The van der Waals surface area contributed by atoms with Gasteiger partial charge in [0.15, 0.2) is 5.82 Å². The van der Waals surface area contributed by atoms with Gasteiger partial charge >= 0.3 is 0 Å². The van der Waals surface area contributed by atoms with Gasteiger partial charge in [-0.05, 0) is 28.6 Å². The first kappa shape index (κ1) is 15.6. The molecule has 2 heterocycles. The lowest BCUT2D eigenvalue weighted by Gasteiger charge is -2.13. The molecule has 0 radical (unpaired) electrons. The largest absolute Gasteiger partial charge is 0.270 e. The third-order valence-corrected chi connectivity index (χ3v) is 4.00. The molecule has 1 aliphatic heterocycles. The van der Waals surface area contributed by atoms with E-state index >= 15 is 0 Å². The van der Waals surface area contributed by atoms with Crippen molar-refractivity contribution < 1.29 is 14.5 Å². The molecule has 2 aromatic carbocycles. The Hall–Kier alpha value is -3.95. The molecular formula is C16H10N6O4. The minimum Gasteiger partial charge on any atom is -0.269 e. The fraction of sp³-hybridized carbons (Fsp3) is 0.0625. The molecule has 4 rings (SSSR count). The van der Waals surface area contributed by atoms with Crippen molar-refractivity contribution in [2.24, 2.45) is 0 Å². The minimum atomic E-state index is -0.615. The molecule has 3 aromatic rings. The second kappa shape index (κ2) is 5.84. The summed E-state index contributed by atoms with van der Waals surface area (Å²) in [5.41, 5.74) is 0.558. The molecule has 10 heteroatoms. The van der Waals surface area contributed by atoms with Crippen molar-refractivity contribution in [1.29, 1.82) is 0 Å². The smallest absolute Gasteiger partial charge is 0.269 e. The zero-order valence-corrected chi connectivity index (χ0v) is 13.1. The van der Waals surface area contributed by atoms with Gasteiger partial charge in [0.05, 0.1) is 28.3 Å². The van der Waals surface area contributed by atoms with Crippen LogP contribution in [0.5, 0.6) is 0 Å². The van der Waals surface area contributed by atoms with E-state index in [1.165, 1.54) is 16.8 Å². The molecule has 10 nitrogen and oxygen atoms in total. The molecule has 0 saturated carbocycles. The molecule has 0 N–H and O–H groups in total. The number of nitrogens with zero attached hydrogens (tertiary/aromatic N) is 6. The molecule has 0 fully saturated rings.